The highest BCUT2D eigenvalue weighted by Crippen LogP contribution is 2.07. The van der Waals surface area contributed by atoms with Crippen LogP contribution in [0.15, 0.2) is 0 Å². The van der Waals surface area contributed by atoms with Gasteiger partial charge in [0.05, 0.1) is 92.5 Å². The van der Waals surface area contributed by atoms with E-state index >= 15 is 0 Å². The monoisotopic (exact) mass is 724 g/mol. The van der Waals surface area contributed by atoms with Crippen molar-refractivity contribution in [1.82, 2.24) is 10.6 Å². The predicted molar refractivity (Wildman–Crippen MR) is 183 cm³/mol. The largest absolute Gasteiger partial charge is 0.458 e. The molecule has 2 N–H and O–H groups in total. The molecule has 0 unspecified atom stereocenters. The first-order valence-corrected chi connectivity index (χ1v) is 17.4. The first kappa shape index (κ1) is 47.6. The molecule has 0 aliphatic carbocycles. The number of Topliss-reactive ketones (excluding diaryl/α,β-unsaturated/α-hetero) is 1. The highest BCUT2D eigenvalue weighted by molar-refractivity contribution is 5.78. The number of hydrogen-bond donors (Lipinski definition) is 2. The molecule has 16 nitrogen and oxygen atoms in total. The topological polar surface area (TPSA) is 185 Å². The van der Waals surface area contributed by atoms with E-state index in [1.165, 1.54) is 0 Å². The van der Waals surface area contributed by atoms with Gasteiger partial charge in [0, 0.05) is 39.0 Å². The van der Waals surface area contributed by atoms with Crippen molar-refractivity contribution >= 4 is 23.8 Å². The molecule has 0 radical (unpaired) electrons. The zero-order chi connectivity index (χ0) is 37.4. The van der Waals surface area contributed by atoms with Gasteiger partial charge in [0.2, 0.25) is 5.91 Å². The quantitative estimate of drug-likeness (QED) is 0.0742. The second-order valence-corrected chi connectivity index (χ2v) is 12.8. The summed E-state index contributed by atoms with van der Waals surface area (Å²) in [6.07, 6.45) is 1.18. The first-order valence-electron chi connectivity index (χ1n) is 17.4. The van der Waals surface area contributed by atoms with Crippen LogP contribution in [0.2, 0.25) is 0 Å². The van der Waals surface area contributed by atoms with Gasteiger partial charge < -0.3 is 58.0 Å². The van der Waals surface area contributed by atoms with Gasteiger partial charge in [-0.25, -0.2) is 9.59 Å². The number of alkyl carbamates (subject to hydrolysis) is 1. The van der Waals surface area contributed by atoms with E-state index in [1.807, 2.05) is 0 Å². The predicted octanol–water partition coefficient (Wildman–Crippen LogP) is 2.23. The minimum atomic E-state index is -0.542. The van der Waals surface area contributed by atoms with E-state index in [9.17, 15) is 19.2 Å². The van der Waals surface area contributed by atoms with Gasteiger partial charge in [0.15, 0.2) is 0 Å². The van der Waals surface area contributed by atoms with Gasteiger partial charge in [-0.15, -0.1) is 0 Å². The Morgan fingerprint density at radius 2 is 0.860 bits per heavy atom. The van der Waals surface area contributed by atoms with Crippen molar-refractivity contribution in [2.45, 2.75) is 78.4 Å². The number of amides is 2. The van der Waals surface area contributed by atoms with Crippen molar-refractivity contribution in [3.63, 3.8) is 0 Å². The minimum Gasteiger partial charge on any atom is -0.458 e. The summed E-state index contributed by atoms with van der Waals surface area (Å²) in [5.41, 5.74) is -1.07. The van der Waals surface area contributed by atoms with Crippen LogP contribution in [-0.4, -0.2) is 154 Å². The van der Waals surface area contributed by atoms with E-state index < -0.39 is 23.3 Å². The second kappa shape index (κ2) is 31.3. The Kier molecular flexibility index (Phi) is 29.8. The SMILES string of the molecule is CC(C)(C)OC(=O)COCCOCCNC(=O)CCOCCOCCOCCOCCC(=O)CCCOCCOCCNC(=O)OC(C)(C)C. The Hall–Kier alpha value is -2.44. The molecule has 0 rings (SSSR count). The number of ether oxygens (including phenoxy) is 10. The smallest absolute Gasteiger partial charge is 0.407 e. The molecule has 0 aromatic heterocycles. The van der Waals surface area contributed by atoms with E-state index in [0.29, 0.717) is 118 Å². The molecule has 0 aliphatic heterocycles. The second-order valence-electron chi connectivity index (χ2n) is 12.8. The summed E-state index contributed by atoms with van der Waals surface area (Å²) in [5.74, 6) is -0.436. The Morgan fingerprint density at radius 3 is 1.38 bits per heavy atom. The molecule has 50 heavy (non-hydrogen) atoms. The maximum Gasteiger partial charge on any atom is 0.407 e. The van der Waals surface area contributed by atoms with E-state index in [2.05, 4.69) is 10.6 Å². The third-order valence-corrected chi connectivity index (χ3v) is 5.73. The van der Waals surface area contributed by atoms with Gasteiger partial charge in [-0.1, -0.05) is 0 Å². The fourth-order valence-corrected chi connectivity index (χ4v) is 3.57. The number of rotatable bonds is 33. The average Bonchev–Trinajstić information content (AvgIpc) is 3.01. The van der Waals surface area contributed by atoms with Gasteiger partial charge in [-0.05, 0) is 48.0 Å². The molecule has 16 heteroatoms. The fraction of sp³-hybridized carbons (Fsp3) is 0.882. The Labute approximate surface area is 298 Å². The zero-order valence-corrected chi connectivity index (χ0v) is 31.3. The van der Waals surface area contributed by atoms with Crippen molar-refractivity contribution in [2.24, 2.45) is 0 Å². The van der Waals surface area contributed by atoms with E-state index in [-0.39, 0.29) is 37.9 Å². The lowest BCUT2D eigenvalue weighted by molar-refractivity contribution is -0.160. The van der Waals surface area contributed by atoms with Crippen LogP contribution in [0.25, 0.3) is 0 Å². The maximum atomic E-state index is 12.0. The van der Waals surface area contributed by atoms with Gasteiger partial charge in [0.1, 0.15) is 23.6 Å². The highest BCUT2D eigenvalue weighted by Gasteiger charge is 2.16. The fourth-order valence-electron chi connectivity index (χ4n) is 3.57. The third-order valence-electron chi connectivity index (χ3n) is 5.73. The number of carbonyl (C=O) groups excluding carboxylic acids is 4. The van der Waals surface area contributed by atoms with Crippen molar-refractivity contribution < 1.29 is 66.5 Å². The van der Waals surface area contributed by atoms with Crippen LogP contribution in [0.5, 0.6) is 0 Å². The van der Waals surface area contributed by atoms with Crippen LogP contribution in [0.4, 0.5) is 4.79 Å². The third kappa shape index (κ3) is 38.4. The Balaban J connectivity index is 3.32. The summed E-state index contributed by atoms with van der Waals surface area (Å²) in [4.78, 5) is 46.8. The van der Waals surface area contributed by atoms with Crippen molar-refractivity contribution in [3.05, 3.63) is 0 Å². The lowest BCUT2D eigenvalue weighted by atomic mass is 10.2. The maximum absolute atomic E-state index is 12.0. The molecule has 0 aromatic rings. The van der Waals surface area contributed by atoms with Gasteiger partial charge in [0.25, 0.3) is 0 Å². The summed E-state index contributed by atoms with van der Waals surface area (Å²) in [5, 5.41) is 5.35. The van der Waals surface area contributed by atoms with E-state index in [1.54, 1.807) is 41.5 Å². The lowest BCUT2D eigenvalue weighted by Crippen LogP contribution is -2.34. The van der Waals surface area contributed by atoms with Gasteiger partial charge in [-0.3, -0.25) is 9.59 Å². The molecule has 0 atom stereocenters. The van der Waals surface area contributed by atoms with Gasteiger partial charge >= 0.3 is 12.1 Å². The van der Waals surface area contributed by atoms with Crippen molar-refractivity contribution in [1.29, 1.82) is 0 Å². The summed E-state index contributed by atoms with van der Waals surface area (Å²) in [6, 6.07) is 0. The van der Waals surface area contributed by atoms with Crippen LogP contribution in [0, 0.1) is 0 Å². The lowest BCUT2D eigenvalue weighted by Gasteiger charge is -2.19. The number of ketones is 1. The van der Waals surface area contributed by atoms with Crippen LogP contribution >= 0.6 is 0 Å². The number of esters is 1. The van der Waals surface area contributed by atoms with E-state index in [4.69, 9.17) is 47.4 Å². The van der Waals surface area contributed by atoms with Crippen LogP contribution in [-0.2, 0) is 61.8 Å². The Bertz CT molecular complexity index is 877. The molecule has 294 valence electrons. The average molecular weight is 725 g/mol. The molecule has 0 bridgehead atoms. The van der Waals surface area contributed by atoms with Crippen LogP contribution < -0.4 is 10.6 Å². The molecular formula is C34H64N2O14. The summed E-state index contributed by atoms with van der Waals surface area (Å²) in [6.45, 7) is 16.9. The molecule has 0 aliphatic rings. The zero-order valence-electron chi connectivity index (χ0n) is 31.3. The summed E-state index contributed by atoms with van der Waals surface area (Å²) < 4.78 is 53.4. The molecule has 0 saturated carbocycles. The molecular weight excluding hydrogens is 660 g/mol. The molecule has 0 spiro atoms. The molecule has 0 heterocycles. The van der Waals surface area contributed by atoms with Crippen LogP contribution in [0.3, 0.4) is 0 Å². The molecule has 2 amide bonds. The Morgan fingerprint density at radius 1 is 0.440 bits per heavy atom. The van der Waals surface area contributed by atoms with Crippen LogP contribution in [0.1, 0.15) is 67.2 Å². The van der Waals surface area contributed by atoms with Gasteiger partial charge in [-0.2, -0.15) is 0 Å². The normalized spacial score (nSPS) is 11.7. The standard InChI is InChI=1S/C34H64N2O14/c1-33(2,3)49-31(39)28-48-27-26-44-16-11-35-30(38)10-15-43-20-23-47-25-24-46-22-19-42-14-9-29(37)8-7-13-41-18-21-45-17-12-36-32(40)50-34(4,5)6/h7-28H2,1-6H3,(H,35,38)(H,36,40). The van der Waals surface area contributed by atoms with E-state index in [0.717, 1.165) is 0 Å². The number of carbonyl (C=O) groups is 4. The summed E-state index contributed by atoms with van der Waals surface area (Å²) >= 11 is 0. The highest BCUT2D eigenvalue weighted by atomic mass is 16.6. The minimum absolute atomic E-state index is 0.122. The van der Waals surface area contributed by atoms with Crippen molar-refractivity contribution in [2.75, 3.05) is 119 Å². The number of nitrogens with one attached hydrogen (secondary N) is 2. The summed E-state index contributed by atoms with van der Waals surface area (Å²) in [7, 11) is 0. The molecule has 0 aromatic carbocycles. The van der Waals surface area contributed by atoms with Crippen molar-refractivity contribution in [3.8, 4) is 0 Å². The molecule has 0 saturated heterocycles. The molecule has 0 fully saturated rings. The first-order chi connectivity index (χ1) is 23.8. The number of hydrogen-bond acceptors (Lipinski definition) is 14.